The number of aryl methyl sites for hydroxylation is 1. The van der Waals surface area contributed by atoms with E-state index in [-0.39, 0.29) is 34.9 Å². The number of aromatic nitrogens is 2. The molecule has 0 atom stereocenters. The van der Waals surface area contributed by atoms with Crippen LogP contribution in [0.25, 0.3) is 11.3 Å². The Kier molecular flexibility index (Phi) is 10.6. The van der Waals surface area contributed by atoms with Gasteiger partial charge in [0.25, 0.3) is 23.1 Å². The Labute approximate surface area is 273 Å². The molecule has 0 fully saturated rings. The third-order valence-corrected chi connectivity index (χ3v) is 7.86. The van der Waals surface area contributed by atoms with E-state index in [1.54, 1.807) is 44.4 Å². The zero-order chi connectivity index (χ0) is 34.5. The number of nitrogens with zero attached hydrogens (tertiary/aromatic N) is 4. The van der Waals surface area contributed by atoms with Crippen LogP contribution in [0, 0.1) is 17.0 Å². The van der Waals surface area contributed by atoms with Gasteiger partial charge >= 0.3 is 0 Å². The lowest BCUT2D eigenvalue weighted by molar-refractivity contribution is -0.385. The van der Waals surface area contributed by atoms with Crippen LogP contribution in [0.4, 0.5) is 22.9 Å². The molecule has 2 amide bonds. The standard InChI is InChI=1S/C35H40N6O6/c1-8-40(18-19-47-7)33(43)27-17-16-25(20-30(27)41(45)46)36-31-34(44)39(6)21-29(37-31)26-10-9-11-28(22(26)2)38-32(42)23-12-14-24(15-13-23)35(3,4)5/h9-17,20-21H,8,18-19H2,1-7H3,(H,36,37)(H,38,42). The third kappa shape index (κ3) is 7.90. The van der Waals surface area contributed by atoms with Gasteiger partial charge < -0.3 is 24.8 Å². The second-order valence-electron chi connectivity index (χ2n) is 12.1. The summed E-state index contributed by atoms with van der Waals surface area (Å²) in [6, 6.07) is 17.0. The van der Waals surface area contributed by atoms with E-state index in [0.717, 1.165) is 11.1 Å². The minimum absolute atomic E-state index is 0.0334. The van der Waals surface area contributed by atoms with E-state index < -0.39 is 22.1 Å². The topological polar surface area (TPSA) is 149 Å². The lowest BCUT2D eigenvalue weighted by Crippen LogP contribution is -2.34. The highest BCUT2D eigenvalue weighted by Crippen LogP contribution is 2.30. The Morgan fingerprint density at radius 3 is 2.40 bits per heavy atom. The number of anilines is 3. The van der Waals surface area contributed by atoms with Crippen molar-refractivity contribution in [3.8, 4) is 11.3 Å². The summed E-state index contributed by atoms with van der Waals surface area (Å²) < 4.78 is 6.41. The molecule has 0 aliphatic carbocycles. The van der Waals surface area contributed by atoms with Crippen molar-refractivity contribution < 1.29 is 19.2 Å². The minimum Gasteiger partial charge on any atom is -0.383 e. The number of nitro benzene ring substituents is 1. The molecule has 0 aliphatic rings. The van der Waals surface area contributed by atoms with Crippen LogP contribution in [-0.4, -0.2) is 58.0 Å². The fourth-order valence-corrected chi connectivity index (χ4v) is 5.04. The summed E-state index contributed by atoms with van der Waals surface area (Å²) in [6.45, 7) is 10.9. The number of benzene rings is 3. The molecule has 1 aromatic heterocycles. The molecule has 0 radical (unpaired) electrons. The van der Waals surface area contributed by atoms with Crippen molar-refractivity contribution in [2.75, 3.05) is 37.4 Å². The summed E-state index contributed by atoms with van der Waals surface area (Å²) in [5.41, 5.74) is 3.31. The molecular weight excluding hydrogens is 600 g/mol. The maximum absolute atomic E-state index is 13.1. The van der Waals surface area contributed by atoms with E-state index in [2.05, 4.69) is 36.4 Å². The SMILES string of the molecule is CCN(CCOC)C(=O)c1ccc(Nc2nc(-c3cccc(NC(=O)c4ccc(C(C)(C)C)cc4)c3C)cn(C)c2=O)cc1[N+](=O)[O-]. The van der Waals surface area contributed by atoms with Gasteiger partial charge in [0, 0.05) is 62.0 Å². The lowest BCUT2D eigenvalue weighted by Gasteiger charge is -2.20. The Hall–Kier alpha value is -5.36. The Morgan fingerprint density at radius 1 is 1.09 bits per heavy atom. The van der Waals surface area contributed by atoms with Crippen molar-refractivity contribution in [3.63, 3.8) is 0 Å². The average Bonchev–Trinajstić information content (AvgIpc) is 3.04. The fraction of sp³-hybridized carbons (Fsp3) is 0.314. The van der Waals surface area contributed by atoms with Gasteiger partial charge in [0.15, 0.2) is 5.82 Å². The predicted octanol–water partition coefficient (Wildman–Crippen LogP) is 6.07. The second kappa shape index (κ2) is 14.4. The number of methoxy groups -OCH3 is 1. The number of rotatable bonds is 11. The smallest absolute Gasteiger partial charge is 0.293 e. The summed E-state index contributed by atoms with van der Waals surface area (Å²) in [6.07, 6.45) is 1.58. The molecule has 12 heteroatoms. The van der Waals surface area contributed by atoms with Crippen LogP contribution < -0.4 is 16.2 Å². The van der Waals surface area contributed by atoms with Crippen molar-refractivity contribution in [1.29, 1.82) is 0 Å². The van der Waals surface area contributed by atoms with Crippen molar-refractivity contribution in [3.05, 3.63) is 110 Å². The molecule has 0 bridgehead atoms. The van der Waals surface area contributed by atoms with Gasteiger partial charge in [-0.25, -0.2) is 4.98 Å². The molecular formula is C35H40N6O6. The lowest BCUT2D eigenvalue weighted by atomic mass is 9.86. The van der Waals surface area contributed by atoms with E-state index >= 15 is 0 Å². The van der Waals surface area contributed by atoms with Crippen molar-refractivity contribution in [2.24, 2.45) is 7.05 Å². The van der Waals surface area contributed by atoms with Gasteiger partial charge in [-0.1, -0.05) is 45.0 Å². The van der Waals surface area contributed by atoms with E-state index in [4.69, 9.17) is 4.74 Å². The van der Waals surface area contributed by atoms with Crippen LogP contribution >= 0.6 is 0 Å². The molecule has 3 aromatic carbocycles. The largest absolute Gasteiger partial charge is 0.383 e. The highest BCUT2D eigenvalue weighted by molar-refractivity contribution is 6.05. The highest BCUT2D eigenvalue weighted by atomic mass is 16.6. The molecule has 246 valence electrons. The second-order valence-corrected chi connectivity index (χ2v) is 12.1. The highest BCUT2D eigenvalue weighted by Gasteiger charge is 2.25. The maximum Gasteiger partial charge on any atom is 0.293 e. The first-order valence-corrected chi connectivity index (χ1v) is 15.2. The van der Waals surface area contributed by atoms with Crippen LogP contribution in [0.2, 0.25) is 0 Å². The number of ether oxygens (including phenoxy) is 1. The summed E-state index contributed by atoms with van der Waals surface area (Å²) in [5, 5.41) is 17.9. The number of likely N-dealkylation sites (N-methyl/N-ethyl adjacent to an activating group) is 1. The Morgan fingerprint density at radius 2 is 1.79 bits per heavy atom. The number of amides is 2. The van der Waals surface area contributed by atoms with Crippen molar-refractivity contribution in [2.45, 2.75) is 40.0 Å². The first-order valence-electron chi connectivity index (χ1n) is 15.2. The van der Waals surface area contributed by atoms with Gasteiger partial charge in [0.05, 0.1) is 17.2 Å². The van der Waals surface area contributed by atoms with E-state index in [1.165, 1.54) is 34.8 Å². The normalized spacial score (nSPS) is 11.2. The zero-order valence-electron chi connectivity index (χ0n) is 27.7. The van der Waals surface area contributed by atoms with Gasteiger partial charge in [0.1, 0.15) is 5.56 Å². The van der Waals surface area contributed by atoms with Crippen molar-refractivity contribution in [1.82, 2.24) is 14.5 Å². The van der Waals surface area contributed by atoms with Crippen LogP contribution in [0.3, 0.4) is 0 Å². The molecule has 4 rings (SSSR count). The number of hydrogen-bond donors (Lipinski definition) is 2. The summed E-state index contributed by atoms with van der Waals surface area (Å²) >= 11 is 0. The van der Waals surface area contributed by atoms with Gasteiger partial charge in [-0.2, -0.15) is 0 Å². The Bertz CT molecular complexity index is 1860. The van der Waals surface area contributed by atoms with Crippen LogP contribution in [-0.2, 0) is 17.2 Å². The van der Waals surface area contributed by atoms with Gasteiger partial charge in [-0.3, -0.25) is 24.5 Å². The number of nitrogens with one attached hydrogen (secondary N) is 2. The van der Waals surface area contributed by atoms with E-state index in [1.807, 2.05) is 25.1 Å². The van der Waals surface area contributed by atoms with Gasteiger partial charge in [-0.15, -0.1) is 0 Å². The third-order valence-electron chi connectivity index (χ3n) is 7.86. The van der Waals surface area contributed by atoms with Gasteiger partial charge in [0.2, 0.25) is 0 Å². The molecule has 47 heavy (non-hydrogen) atoms. The first-order chi connectivity index (χ1) is 22.2. The molecule has 2 N–H and O–H groups in total. The van der Waals surface area contributed by atoms with Crippen LogP contribution in [0.1, 0.15) is 59.5 Å². The number of carbonyl (C=O) groups is 2. The zero-order valence-corrected chi connectivity index (χ0v) is 27.7. The summed E-state index contributed by atoms with van der Waals surface area (Å²) in [4.78, 5) is 56.7. The summed E-state index contributed by atoms with van der Waals surface area (Å²) in [7, 11) is 3.09. The molecule has 12 nitrogen and oxygen atoms in total. The Balaban J connectivity index is 1.63. The molecule has 0 spiro atoms. The molecule has 0 aliphatic heterocycles. The van der Waals surface area contributed by atoms with Gasteiger partial charge in [-0.05, 0) is 60.7 Å². The van der Waals surface area contributed by atoms with Crippen LogP contribution in [0.15, 0.2) is 71.7 Å². The molecule has 4 aromatic rings. The van der Waals surface area contributed by atoms with Crippen molar-refractivity contribution >= 4 is 34.7 Å². The summed E-state index contributed by atoms with van der Waals surface area (Å²) in [5.74, 6) is -0.824. The molecule has 0 saturated heterocycles. The molecule has 0 unspecified atom stereocenters. The van der Waals surface area contributed by atoms with E-state index in [9.17, 15) is 24.5 Å². The quantitative estimate of drug-likeness (QED) is 0.148. The first kappa shape index (κ1) is 34.5. The number of nitro groups is 1. The minimum atomic E-state index is -0.632. The molecule has 1 heterocycles. The number of hydrogen-bond acceptors (Lipinski definition) is 8. The number of carbonyl (C=O) groups excluding carboxylic acids is 2. The predicted molar refractivity (Wildman–Crippen MR) is 183 cm³/mol. The maximum atomic E-state index is 13.1. The monoisotopic (exact) mass is 640 g/mol. The average molecular weight is 641 g/mol. The molecule has 0 saturated carbocycles. The fourth-order valence-electron chi connectivity index (χ4n) is 5.04. The van der Waals surface area contributed by atoms with Crippen LogP contribution in [0.5, 0.6) is 0 Å². The van der Waals surface area contributed by atoms with E-state index in [0.29, 0.717) is 35.7 Å².